The monoisotopic (exact) mass is 474 g/mol. The molecule has 0 amide bonds. The molecule has 2 aromatic carbocycles. The molecule has 0 saturated heterocycles. The molecule has 0 aliphatic carbocycles. The van der Waals surface area contributed by atoms with E-state index in [2.05, 4.69) is 69.3 Å². The van der Waals surface area contributed by atoms with Crippen molar-refractivity contribution in [1.29, 1.82) is 0 Å². The molecule has 32 heavy (non-hydrogen) atoms. The number of hydrogen-bond acceptors (Lipinski definition) is 5. The zero-order valence-electron chi connectivity index (χ0n) is 20.0. The van der Waals surface area contributed by atoms with Crippen LogP contribution in [0.2, 0.25) is 5.04 Å². The molecule has 0 radical (unpaired) electrons. The minimum Gasteiger partial charge on any atom is -0.404 e. The van der Waals surface area contributed by atoms with Crippen molar-refractivity contribution in [2.75, 3.05) is 27.0 Å². The fourth-order valence-corrected chi connectivity index (χ4v) is 9.37. The van der Waals surface area contributed by atoms with Crippen LogP contribution < -0.4 is 10.4 Å². The van der Waals surface area contributed by atoms with Crippen molar-refractivity contribution in [2.24, 2.45) is 0 Å². The van der Waals surface area contributed by atoms with Crippen LogP contribution in [-0.2, 0) is 22.8 Å². The van der Waals surface area contributed by atoms with Gasteiger partial charge in [0, 0.05) is 20.6 Å². The molecular formula is C25H35O5PSi. The molecule has 0 atom stereocenters. The third kappa shape index (κ3) is 6.37. The Morgan fingerprint density at radius 1 is 0.938 bits per heavy atom. The lowest BCUT2D eigenvalue weighted by molar-refractivity contribution is -0.116. The van der Waals surface area contributed by atoms with E-state index in [1.54, 1.807) is 0 Å². The minimum absolute atomic E-state index is 0.114. The highest BCUT2D eigenvalue weighted by Gasteiger charge is 2.49. The summed E-state index contributed by atoms with van der Waals surface area (Å²) in [6.07, 6.45) is 1.89. The Morgan fingerprint density at radius 2 is 1.41 bits per heavy atom. The first-order valence-corrected chi connectivity index (χ1v) is 14.3. The van der Waals surface area contributed by atoms with Crippen LogP contribution in [0.3, 0.4) is 0 Å². The van der Waals surface area contributed by atoms with E-state index < -0.39 is 15.9 Å². The lowest BCUT2D eigenvalue weighted by Crippen LogP contribution is -2.66. The SMILES string of the molecule is COP(=O)(CC(=O)C/C(C)=C\CO[Si](c1ccccc1)(c1ccccc1)C(C)(C)C)OC. The van der Waals surface area contributed by atoms with Gasteiger partial charge in [-0.25, -0.2) is 0 Å². The third-order valence-corrected chi connectivity index (χ3v) is 12.4. The number of allylic oxidation sites excluding steroid dienone is 1. The third-order valence-electron chi connectivity index (χ3n) is 5.55. The number of benzene rings is 2. The van der Waals surface area contributed by atoms with Crippen LogP contribution in [-0.4, -0.2) is 41.1 Å². The first-order chi connectivity index (χ1) is 15.1. The van der Waals surface area contributed by atoms with Gasteiger partial charge in [-0.2, -0.15) is 0 Å². The Morgan fingerprint density at radius 3 is 1.81 bits per heavy atom. The van der Waals surface area contributed by atoms with Gasteiger partial charge in [-0.1, -0.05) is 93.1 Å². The summed E-state index contributed by atoms with van der Waals surface area (Å²) in [5.74, 6) is -0.184. The second kappa shape index (κ2) is 11.3. The summed E-state index contributed by atoms with van der Waals surface area (Å²) in [6, 6.07) is 20.9. The van der Waals surface area contributed by atoms with Crippen molar-refractivity contribution in [1.82, 2.24) is 0 Å². The van der Waals surface area contributed by atoms with Crippen LogP contribution in [0.4, 0.5) is 0 Å². The van der Waals surface area contributed by atoms with Crippen LogP contribution in [0.25, 0.3) is 0 Å². The summed E-state index contributed by atoms with van der Waals surface area (Å²) in [7, 11) is -3.39. The molecule has 0 heterocycles. The van der Waals surface area contributed by atoms with Gasteiger partial charge in [-0.05, 0) is 22.3 Å². The van der Waals surface area contributed by atoms with Gasteiger partial charge in [0.25, 0.3) is 8.32 Å². The molecule has 0 aromatic heterocycles. The predicted molar refractivity (Wildman–Crippen MR) is 133 cm³/mol. The van der Waals surface area contributed by atoms with Gasteiger partial charge in [-0.3, -0.25) is 9.36 Å². The zero-order valence-corrected chi connectivity index (χ0v) is 21.9. The summed E-state index contributed by atoms with van der Waals surface area (Å²) in [5.41, 5.74) is 0.867. The molecular weight excluding hydrogens is 439 g/mol. The maximum atomic E-state index is 12.3. The Bertz CT molecular complexity index is 904. The number of carbonyl (C=O) groups excluding carboxylic acids is 1. The summed E-state index contributed by atoms with van der Waals surface area (Å²) in [4.78, 5) is 12.3. The van der Waals surface area contributed by atoms with E-state index in [1.165, 1.54) is 24.6 Å². The standard InChI is InChI=1S/C25H35O5PSi/c1-21(19-22(26)20-31(27,28-5)29-6)17-18-30-32(25(2,3)4,23-13-9-7-10-14-23)24-15-11-8-12-16-24/h7-17H,18-20H2,1-6H3/b21-17-. The highest BCUT2D eigenvalue weighted by Crippen LogP contribution is 2.46. The van der Waals surface area contributed by atoms with Gasteiger partial charge >= 0.3 is 7.60 Å². The van der Waals surface area contributed by atoms with Gasteiger partial charge in [0.15, 0.2) is 0 Å². The van der Waals surface area contributed by atoms with Crippen molar-refractivity contribution in [2.45, 2.75) is 39.2 Å². The summed E-state index contributed by atoms with van der Waals surface area (Å²) >= 11 is 0. The van der Waals surface area contributed by atoms with Crippen molar-refractivity contribution in [3.8, 4) is 0 Å². The number of hydrogen-bond donors (Lipinski definition) is 0. The van der Waals surface area contributed by atoms with Crippen molar-refractivity contribution < 1.29 is 22.8 Å². The topological polar surface area (TPSA) is 61.8 Å². The molecule has 0 aliphatic rings. The molecule has 174 valence electrons. The highest BCUT2D eigenvalue weighted by molar-refractivity contribution is 7.54. The van der Waals surface area contributed by atoms with Gasteiger partial charge in [0.1, 0.15) is 11.9 Å². The molecule has 0 aliphatic heterocycles. The van der Waals surface area contributed by atoms with E-state index >= 15 is 0 Å². The summed E-state index contributed by atoms with van der Waals surface area (Å²) in [5, 5.41) is 2.31. The lowest BCUT2D eigenvalue weighted by Gasteiger charge is -2.42. The quantitative estimate of drug-likeness (QED) is 0.262. The second-order valence-corrected chi connectivity index (χ2v) is 15.4. The number of Topliss-reactive ketones (excluding diaryl/α,β-unsaturated/α-hetero) is 1. The number of ketones is 1. The normalized spacial score (nSPS) is 13.2. The Hall–Kier alpha value is -1.82. The number of rotatable bonds is 11. The molecule has 0 spiro atoms. The van der Waals surface area contributed by atoms with E-state index in [0.29, 0.717) is 6.61 Å². The smallest absolute Gasteiger partial charge is 0.337 e. The molecule has 2 aromatic rings. The fourth-order valence-electron chi connectivity index (χ4n) is 3.93. The number of carbonyl (C=O) groups is 1. The Balaban J connectivity index is 2.28. The van der Waals surface area contributed by atoms with Crippen LogP contribution >= 0.6 is 7.60 Å². The molecule has 0 N–H and O–H groups in total. The minimum atomic E-state index is -3.35. The molecule has 5 nitrogen and oxygen atoms in total. The molecule has 7 heteroatoms. The van der Waals surface area contributed by atoms with E-state index in [9.17, 15) is 9.36 Å². The molecule has 0 unspecified atom stereocenters. The summed E-state index contributed by atoms with van der Waals surface area (Å²) < 4.78 is 28.8. The van der Waals surface area contributed by atoms with E-state index in [-0.39, 0.29) is 23.4 Å². The average Bonchev–Trinajstić information content (AvgIpc) is 2.77. The lowest BCUT2D eigenvalue weighted by atomic mass is 10.1. The maximum absolute atomic E-state index is 12.3. The van der Waals surface area contributed by atoms with Crippen molar-refractivity contribution >= 4 is 32.1 Å². The van der Waals surface area contributed by atoms with E-state index in [0.717, 1.165) is 5.57 Å². The fraction of sp³-hybridized carbons (Fsp3) is 0.400. The predicted octanol–water partition coefficient (Wildman–Crippen LogP) is 4.95. The van der Waals surface area contributed by atoms with Gasteiger partial charge in [0.05, 0.1) is 6.61 Å². The summed E-state index contributed by atoms with van der Waals surface area (Å²) in [6.45, 7) is 8.96. The van der Waals surface area contributed by atoms with E-state index in [1.807, 2.05) is 25.1 Å². The van der Waals surface area contributed by atoms with Crippen LogP contribution in [0.1, 0.15) is 34.1 Å². The highest BCUT2D eigenvalue weighted by atomic mass is 31.2. The largest absolute Gasteiger partial charge is 0.404 e. The molecule has 0 bridgehead atoms. The molecule has 0 fully saturated rings. The van der Waals surface area contributed by atoms with Crippen LogP contribution in [0, 0.1) is 0 Å². The van der Waals surface area contributed by atoms with Crippen LogP contribution in [0.5, 0.6) is 0 Å². The van der Waals surface area contributed by atoms with Gasteiger partial charge in [0.2, 0.25) is 0 Å². The van der Waals surface area contributed by atoms with Crippen LogP contribution in [0.15, 0.2) is 72.3 Å². The molecule has 0 saturated carbocycles. The second-order valence-electron chi connectivity index (χ2n) is 8.87. The van der Waals surface area contributed by atoms with E-state index in [4.69, 9.17) is 13.5 Å². The Kier molecular flexibility index (Phi) is 9.37. The molecule has 2 rings (SSSR count). The first-order valence-electron chi connectivity index (χ1n) is 10.7. The Labute approximate surface area is 193 Å². The van der Waals surface area contributed by atoms with Crippen molar-refractivity contribution in [3.63, 3.8) is 0 Å². The first kappa shape index (κ1) is 26.4. The van der Waals surface area contributed by atoms with Gasteiger partial charge < -0.3 is 13.5 Å². The zero-order chi connectivity index (χ0) is 23.8. The maximum Gasteiger partial charge on any atom is 0.337 e. The average molecular weight is 475 g/mol. The van der Waals surface area contributed by atoms with Gasteiger partial charge in [-0.15, -0.1) is 0 Å². The van der Waals surface area contributed by atoms with Crippen molar-refractivity contribution in [3.05, 3.63) is 72.3 Å².